The van der Waals surface area contributed by atoms with Crippen molar-refractivity contribution in [1.82, 2.24) is 30.0 Å². The number of fused-ring (bicyclic) bond motifs is 1. The van der Waals surface area contributed by atoms with Gasteiger partial charge >= 0.3 is 0 Å². The minimum Gasteiger partial charge on any atom is -0.394 e. The van der Waals surface area contributed by atoms with E-state index < -0.39 is 6.04 Å². The van der Waals surface area contributed by atoms with Gasteiger partial charge in [0.1, 0.15) is 18.0 Å². The summed E-state index contributed by atoms with van der Waals surface area (Å²) in [5.41, 5.74) is 2.33. The van der Waals surface area contributed by atoms with Gasteiger partial charge < -0.3 is 15.4 Å². The molecule has 120 valence electrons. The first-order valence-corrected chi connectivity index (χ1v) is 7.34. The highest BCUT2D eigenvalue weighted by molar-refractivity contribution is 5.90. The van der Waals surface area contributed by atoms with Crippen LogP contribution < -0.4 is 5.32 Å². The topological polar surface area (TPSA) is 109 Å². The maximum Gasteiger partial charge on any atom is 0.244 e. The largest absolute Gasteiger partial charge is 0.394 e. The molecule has 0 aliphatic heterocycles. The van der Waals surface area contributed by atoms with Gasteiger partial charge in [-0.3, -0.25) is 9.48 Å². The van der Waals surface area contributed by atoms with E-state index in [-0.39, 0.29) is 18.6 Å². The van der Waals surface area contributed by atoms with Gasteiger partial charge in [-0.2, -0.15) is 5.10 Å². The Kier molecular flexibility index (Phi) is 4.07. The molecule has 0 radical (unpaired) electrons. The van der Waals surface area contributed by atoms with E-state index in [1.165, 1.54) is 6.33 Å². The number of aromatic amines is 1. The molecule has 2 unspecified atom stereocenters. The van der Waals surface area contributed by atoms with E-state index in [2.05, 4.69) is 25.4 Å². The number of nitrogens with one attached hydrogen (secondary N) is 2. The summed E-state index contributed by atoms with van der Waals surface area (Å²) in [6.07, 6.45) is 6.75. The summed E-state index contributed by atoms with van der Waals surface area (Å²) in [5, 5.41) is 16.9. The first-order valence-electron chi connectivity index (χ1n) is 7.34. The fourth-order valence-corrected chi connectivity index (χ4v) is 2.30. The number of nitrogens with zero attached hydrogens (tertiary/aromatic N) is 4. The smallest absolute Gasteiger partial charge is 0.244 e. The first kappa shape index (κ1) is 15.2. The van der Waals surface area contributed by atoms with Crippen LogP contribution in [-0.2, 0) is 4.79 Å². The zero-order chi connectivity index (χ0) is 16.4. The van der Waals surface area contributed by atoms with Gasteiger partial charge in [0.2, 0.25) is 5.91 Å². The number of rotatable bonds is 5. The molecule has 0 aliphatic rings. The van der Waals surface area contributed by atoms with E-state index >= 15 is 0 Å². The maximum absolute atomic E-state index is 12.1. The summed E-state index contributed by atoms with van der Waals surface area (Å²) in [4.78, 5) is 23.6. The lowest BCUT2D eigenvalue weighted by molar-refractivity contribution is -0.125. The molecule has 1 amide bonds. The number of hydrogen-bond donors (Lipinski definition) is 3. The third kappa shape index (κ3) is 2.93. The summed E-state index contributed by atoms with van der Waals surface area (Å²) in [5.74, 6) is -0.198. The lowest BCUT2D eigenvalue weighted by Crippen LogP contribution is -2.39. The van der Waals surface area contributed by atoms with E-state index in [1.54, 1.807) is 37.1 Å². The highest BCUT2D eigenvalue weighted by Gasteiger charge is 2.18. The Morgan fingerprint density at radius 2 is 2.26 bits per heavy atom. The summed E-state index contributed by atoms with van der Waals surface area (Å²) in [7, 11) is 0. The third-order valence-corrected chi connectivity index (χ3v) is 3.67. The zero-order valence-electron chi connectivity index (χ0n) is 12.9. The molecule has 0 aromatic carbocycles. The second-order valence-electron chi connectivity index (χ2n) is 5.44. The molecule has 3 aromatic heterocycles. The minimum atomic E-state index is -0.485. The Morgan fingerprint density at radius 1 is 1.43 bits per heavy atom. The van der Waals surface area contributed by atoms with E-state index in [9.17, 15) is 4.79 Å². The predicted molar refractivity (Wildman–Crippen MR) is 84.5 cm³/mol. The second-order valence-corrected chi connectivity index (χ2v) is 5.44. The van der Waals surface area contributed by atoms with Crippen LogP contribution in [0.2, 0.25) is 0 Å². The van der Waals surface area contributed by atoms with Crippen molar-refractivity contribution in [2.45, 2.75) is 25.9 Å². The van der Waals surface area contributed by atoms with Crippen molar-refractivity contribution >= 4 is 16.9 Å². The zero-order valence-corrected chi connectivity index (χ0v) is 12.9. The molecular formula is C15H18N6O2. The molecule has 3 aromatic rings. The van der Waals surface area contributed by atoms with E-state index in [0.717, 1.165) is 22.3 Å². The minimum absolute atomic E-state index is 0.102. The van der Waals surface area contributed by atoms with Crippen LogP contribution in [0.5, 0.6) is 0 Å². The van der Waals surface area contributed by atoms with Crippen molar-refractivity contribution < 1.29 is 9.90 Å². The van der Waals surface area contributed by atoms with Crippen molar-refractivity contribution in [3.8, 4) is 11.3 Å². The van der Waals surface area contributed by atoms with E-state index in [1.807, 2.05) is 6.07 Å². The van der Waals surface area contributed by atoms with Crippen LogP contribution in [0, 0.1) is 0 Å². The lowest BCUT2D eigenvalue weighted by Gasteiger charge is -2.16. The van der Waals surface area contributed by atoms with Crippen LogP contribution in [0.4, 0.5) is 0 Å². The molecular weight excluding hydrogens is 296 g/mol. The Bertz CT molecular complexity index is 824. The van der Waals surface area contributed by atoms with E-state index in [0.29, 0.717) is 0 Å². The van der Waals surface area contributed by atoms with Crippen LogP contribution in [0.1, 0.15) is 19.9 Å². The average molecular weight is 314 g/mol. The lowest BCUT2D eigenvalue weighted by atomic mass is 10.2. The molecule has 0 saturated heterocycles. The number of hydrogen-bond acceptors (Lipinski definition) is 5. The quantitative estimate of drug-likeness (QED) is 0.648. The van der Waals surface area contributed by atoms with Gasteiger partial charge in [-0.05, 0) is 19.9 Å². The first-order chi connectivity index (χ1) is 11.1. The molecule has 23 heavy (non-hydrogen) atoms. The normalized spacial score (nSPS) is 13.9. The van der Waals surface area contributed by atoms with Gasteiger partial charge in [0.15, 0.2) is 0 Å². The predicted octanol–water partition coefficient (Wildman–Crippen LogP) is 0.879. The molecule has 2 atom stereocenters. The highest BCUT2D eigenvalue weighted by Crippen LogP contribution is 2.24. The van der Waals surface area contributed by atoms with E-state index in [4.69, 9.17) is 5.11 Å². The molecule has 0 spiro atoms. The van der Waals surface area contributed by atoms with Gasteiger partial charge in [0, 0.05) is 29.4 Å². The average Bonchev–Trinajstić information content (AvgIpc) is 3.22. The molecule has 8 nitrogen and oxygen atoms in total. The fourth-order valence-electron chi connectivity index (χ4n) is 2.30. The molecule has 0 bridgehead atoms. The van der Waals surface area contributed by atoms with Crippen molar-refractivity contribution in [3.05, 3.63) is 31.0 Å². The van der Waals surface area contributed by atoms with Crippen molar-refractivity contribution in [2.75, 3.05) is 6.61 Å². The van der Waals surface area contributed by atoms with Gasteiger partial charge in [-0.1, -0.05) is 0 Å². The number of amides is 1. The number of H-pyrrole nitrogens is 1. The van der Waals surface area contributed by atoms with Crippen molar-refractivity contribution in [1.29, 1.82) is 0 Å². The molecule has 3 heterocycles. The summed E-state index contributed by atoms with van der Waals surface area (Å²) in [6, 6.07) is 1.13. The number of carbonyl (C=O) groups is 1. The molecule has 3 rings (SSSR count). The van der Waals surface area contributed by atoms with Gasteiger partial charge in [-0.15, -0.1) is 0 Å². The van der Waals surface area contributed by atoms with Crippen LogP contribution in [0.25, 0.3) is 22.3 Å². The number of aliphatic hydroxyl groups excluding tert-OH is 1. The molecule has 0 saturated carbocycles. The second kappa shape index (κ2) is 6.17. The summed E-state index contributed by atoms with van der Waals surface area (Å²) in [6.45, 7) is 3.39. The van der Waals surface area contributed by atoms with Gasteiger partial charge in [-0.25, -0.2) is 9.97 Å². The van der Waals surface area contributed by atoms with Crippen molar-refractivity contribution in [3.63, 3.8) is 0 Å². The van der Waals surface area contributed by atoms with Crippen LogP contribution >= 0.6 is 0 Å². The Morgan fingerprint density at radius 3 is 3.04 bits per heavy atom. The number of aromatic nitrogens is 5. The van der Waals surface area contributed by atoms with Gasteiger partial charge in [0.25, 0.3) is 0 Å². The molecule has 8 heteroatoms. The summed E-state index contributed by atoms with van der Waals surface area (Å²) >= 11 is 0. The monoisotopic (exact) mass is 314 g/mol. The van der Waals surface area contributed by atoms with Crippen LogP contribution in [0.3, 0.4) is 0 Å². The van der Waals surface area contributed by atoms with Gasteiger partial charge in [0.05, 0.1) is 18.5 Å². The molecule has 0 fully saturated rings. The SMILES string of the molecule is CC(CO)NC(=O)C(C)n1cc(-c2ncnc3[nH]ccc23)cn1. The maximum atomic E-state index is 12.1. The Labute approximate surface area is 132 Å². The molecule has 3 N–H and O–H groups in total. The standard InChI is InChI=1S/C15H18N6O2/c1-9(7-22)20-15(23)10(2)21-6-11(5-19-21)13-12-3-4-16-14(12)18-8-17-13/h3-6,8-10,22H,7H2,1-2H3,(H,20,23)(H,16,17,18). The third-order valence-electron chi connectivity index (χ3n) is 3.67. The Hall–Kier alpha value is -2.74. The number of aliphatic hydroxyl groups is 1. The van der Waals surface area contributed by atoms with Crippen LogP contribution in [0.15, 0.2) is 31.0 Å². The highest BCUT2D eigenvalue weighted by atomic mass is 16.3. The summed E-state index contributed by atoms with van der Waals surface area (Å²) < 4.78 is 1.58. The number of carbonyl (C=O) groups excluding carboxylic acids is 1. The fraction of sp³-hybridized carbons (Fsp3) is 0.333. The van der Waals surface area contributed by atoms with Crippen LogP contribution in [-0.4, -0.2) is 48.4 Å². The Balaban J connectivity index is 1.86. The molecule has 0 aliphatic carbocycles. The van der Waals surface area contributed by atoms with Crippen molar-refractivity contribution in [2.24, 2.45) is 0 Å².